The first-order valence-electron chi connectivity index (χ1n) is 8.63. The summed E-state index contributed by atoms with van der Waals surface area (Å²) in [6, 6.07) is 20.6. The van der Waals surface area contributed by atoms with Crippen molar-refractivity contribution in [3.63, 3.8) is 0 Å². The second kappa shape index (κ2) is 6.45. The Hall–Kier alpha value is -2.67. The molecule has 1 heteroatoms. The van der Waals surface area contributed by atoms with Crippen molar-refractivity contribution in [2.75, 3.05) is 0 Å². The minimum absolute atomic E-state index is 0.0799. The first kappa shape index (κ1) is 14.9. The molecule has 0 atom stereocenters. The van der Waals surface area contributed by atoms with Gasteiger partial charge in [-0.1, -0.05) is 60.7 Å². The fraction of sp³-hybridized carbons (Fsp3) is 0.174. The van der Waals surface area contributed by atoms with Crippen molar-refractivity contribution in [2.45, 2.75) is 25.7 Å². The van der Waals surface area contributed by atoms with E-state index in [-0.39, 0.29) is 5.78 Å². The summed E-state index contributed by atoms with van der Waals surface area (Å²) in [6.45, 7) is 0. The van der Waals surface area contributed by atoms with Crippen LogP contribution in [0, 0.1) is 0 Å². The fourth-order valence-electron chi connectivity index (χ4n) is 3.54. The Kier molecular flexibility index (Phi) is 4.00. The molecule has 0 saturated heterocycles. The van der Waals surface area contributed by atoms with Crippen molar-refractivity contribution >= 4 is 22.6 Å². The Morgan fingerprint density at radius 1 is 0.833 bits per heavy atom. The fourth-order valence-corrected chi connectivity index (χ4v) is 3.54. The van der Waals surface area contributed by atoms with Crippen LogP contribution in [0.5, 0.6) is 0 Å². The maximum absolute atomic E-state index is 12.6. The lowest BCUT2D eigenvalue weighted by atomic mass is 9.89. The van der Waals surface area contributed by atoms with Crippen LogP contribution in [0.1, 0.15) is 39.9 Å². The Balaban J connectivity index is 1.62. The molecule has 1 aliphatic carbocycles. The summed E-state index contributed by atoms with van der Waals surface area (Å²) in [4.78, 5) is 12.6. The highest BCUT2D eigenvalue weighted by molar-refractivity contribution is 6.08. The van der Waals surface area contributed by atoms with Gasteiger partial charge in [0.25, 0.3) is 0 Å². The first-order valence-corrected chi connectivity index (χ1v) is 8.63. The molecule has 0 spiro atoms. The Bertz CT molecular complexity index is 928. The summed E-state index contributed by atoms with van der Waals surface area (Å²) in [5.41, 5.74) is 4.65. The molecule has 0 bridgehead atoms. The number of ketones is 1. The van der Waals surface area contributed by atoms with E-state index in [0.717, 1.165) is 24.0 Å². The van der Waals surface area contributed by atoms with Gasteiger partial charge < -0.3 is 0 Å². The molecular weight excluding hydrogens is 292 g/mol. The molecule has 0 aromatic heterocycles. The van der Waals surface area contributed by atoms with Crippen LogP contribution in [0.3, 0.4) is 0 Å². The Labute approximate surface area is 142 Å². The van der Waals surface area contributed by atoms with E-state index in [4.69, 9.17) is 0 Å². The van der Waals surface area contributed by atoms with Crippen LogP contribution in [-0.2, 0) is 12.8 Å². The number of hydrogen-bond acceptors (Lipinski definition) is 1. The highest BCUT2D eigenvalue weighted by atomic mass is 16.1. The molecule has 24 heavy (non-hydrogen) atoms. The van der Waals surface area contributed by atoms with Gasteiger partial charge in [-0.25, -0.2) is 0 Å². The summed E-state index contributed by atoms with van der Waals surface area (Å²) >= 11 is 0. The summed E-state index contributed by atoms with van der Waals surface area (Å²) in [7, 11) is 0. The van der Waals surface area contributed by atoms with E-state index in [9.17, 15) is 4.79 Å². The molecule has 3 aromatic rings. The average molecular weight is 312 g/mol. The van der Waals surface area contributed by atoms with Gasteiger partial charge in [-0.2, -0.15) is 0 Å². The predicted octanol–water partition coefficient (Wildman–Crippen LogP) is 5.61. The third-order valence-corrected chi connectivity index (χ3v) is 4.87. The van der Waals surface area contributed by atoms with Crippen molar-refractivity contribution in [3.8, 4) is 0 Å². The molecule has 0 unspecified atom stereocenters. The molecule has 1 aliphatic rings. The smallest absolute Gasteiger partial charge is 0.185 e. The number of benzene rings is 3. The predicted molar refractivity (Wildman–Crippen MR) is 100 cm³/mol. The Morgan fingerprint density at radius 2 is 1.62 bits per heavy atom. The monoisotopic (exact) mass is 312 g/mol. The summed E-state index contributed by atoms with van der Waals surface area (Å²) in [6.07, 6.45) is 8.38. The normalized spacial score (nSPS) is 14.0. The molecular formula is C23H20O. The zero-order valence-electron chi connectivity index (χ0n) is 13.7. The van der Waals surface area contributed by atoms with Crippen molar-refractivity contribution < 1.29 is 4.79 Å². The summed E-state index contributed by atoms with van der Waals surface area (Å²) in [5, 5.41) is 2.37. The second-order valence-corrected chi connectivity index (χ2v) is 6.46. The van der Waals surface area contributed by atoms with Gasteiger partial charge in [0.05, 0.1) is 0 Å². The minimum Gasteiger partial charge on any atom is -0.289 e. The van der Waals surface area contributed by atoms with Gasteiger partial charge in [0.15, 0.2) is 5.78 Å². The lowest BCUT2D eigenvalue weighted by molar-refractivity contribution is 0.104. The number of carbonyl (C=O) groups is 1. The van der Waals surface area contributed by atoms with E-state index < -0.39 is 0 Å². The molecule has 0 radical (unpaired) electrons. The number of hydrogen-bond donors (Lipinski definition) is 0. The van der Waals surface area contributed by atoms with E-state index in [1.807, 2.05) is 30.3 Å². The largest absolute Gasteiger partial charge is 0.289 e. The zero-order chi connectivity index (χ0) is 16.4. The van der Waals surface area contributed by atoms with Crippen molar-refractivity contribution in [2.24, 2.45) is 0 Å². The van der Waals surface area contributed by atoms with Crippen molar-refractivity contribution in [1.29, 1.82) is 0 Å². The highest BCUT2D eigenvalue weighted by Gasteiger charge is 2.11. The first-order chi connectivity index (χ1) is 11.8. The average Bonchev–Trinajstić information content (AvgIpc) is 2.65. The van der Waals surface area contributed by atoms with Gasteiger partial charge in [-0.05, 0) is 65.3 Å². The maximum Gasteiger partial charge on any atom is 0.185 e. The highest BCUT2D eigenvalue weighted by Crippen LogP contribution is 2.23. The van der Waals surface area contributed by atoms with E-state index in [2.05, 4.69) is 36.4 Å². The molecule has 0 saturated carbocycles. The van der Waals surface area contributed by atoms with Gasteiger partial charge in [-0.3, -0.25) is 4.79 Å². The lowest BCUT2D eigenvalue weighted by Gasteiger charge is -2.15. The van der Waals surface area contributed by atoms with E-state index in [1.165, 1.54) is 34.7 Å². The van der Waals surface area contributed by atoms with E-state index >= 15 is 0 Å². The van der Waals surface area contributed by atoms with Gasteiger partial charge in [-0.15, -0.1) is 0 Å². The van der Waals surface area contributed by atoms with Crippen LogP contribution in [0.2, 0.25) is 0 Å². The molecule has 1 nitrogen and oxygen atoms in total. The van der Waals surface area contributed by atoms with Crippen LogP contribution >= 0.6 is 0 Å². The van der Waals surface area contributed by atoms with Gasteiger partial charge in [0.2, 0.25) is 0 Å². The van der Waals surface area contributed by atoms with Crippen molar-refractivity contribution in [1.82, 2.24) is 0 Å². The van der Waals surface area contributed by atoms with Crippen LogP contribution in [0.25, 0.3) is 16.8 Å². The van der Waals surface area contributed by atoms with Gasteiger partial charge in [0.1, 0.15) is 0 Å². The molecule has 3 aromatic carbocycles. The lowest BCUT2D eigenvalue weighted by Crippen LogP contribution is -2.05. The maximum atomic E-state index is 12.6. The number of allylic oxidation sites excluding steroid dienone is 1. The third kappa shape index (κ3) is 2.90. The third-order valence-electron chi connectivity index (χ3n) is 4.87. The quantitative estimate of drug-likeness (QED) is 0.453. The van der Waals surface area contributed by atoms with Crippen LogP contribution in [0.15, 0.2) is 66.7 Å². The summed E-state index contributed by atoms with van der Waals surface area (Å²) < 4.78 is 0. The van der Waals surface area contributed by atoms with Gasteiger partial charge >= 0.3 is 0 Å². The van der Waals surface area contributed by atoms with Gasteiger partial charge in [0, 0.05) is 5.56 Å². The minimum atomic E-state index is 0.0799. The summed E-state index contributed by atoms with van der Waals surface area (Å²) in [5.74, 6) is 0.0799. The number of rotatable bonds is 3. The molecule has 4 rings (SSSR count). The zero-order valence-corrected chi connectivity index (χ0v) is 13.7. The van der Waals surface area contributed by atoms with Crippen LogP contribution in [0.4, 0.5) is 0 Å². The topological polar surface area (TPSA) is 17.1 Å². The van der Waals surface area contributed by atoms with E-state index in [1.54, 1.807) is 6.08 Å². The molecule has 0 N–H and O–H groups in total. The van der Waals surface area contributed by atoms with E-state index in [0.29, 0.717) is 0 Å². The second-order valence-electron chi connectivity index (χ2n) is 6.46. The SMILES string of the molecule is O=C(C=Cc1cccc2ccccc12)c1ccc2c(c1)CCCC2. The number of carbonyl (C=O) groups excluding carboxylic acids is 1. The molecule has 0 aliphatic heterocycles. The molecule has 118 valence electrons. The van der Waals surface area contributed by atoms with Crippen LogP contribution < -0.4 is 0 Å². The molecule has 0 amide bonds. The number of aryl methyl sites for hydroxylation is 2. The molecule has 0 fully saturated rings. The number of fused-ring (bicyclic) bond motifs is 2. The molecule has 0 heterocycles. The van der Waals surface area contributed by atoms with Crippen molar-refractivity contribution in [3.05, 3.63) is 89.0 Å². The van der Waals surface area contributed by atoms with Crippen LogP contribution in [-0.4, -0.2) is 5.78 Å². The standard InChI is InChI=1S/C23H20O/c24-23(21-13-12-17-6-1-2-8-20(17)16-21)15-14-19-10-5-9-18-7-3-4-11-22(18)19/h3-5,7,9-16H,1-2,6,8H2. The Morgan fingerprint density at radius 3 is 2.54 bits per heavy atom.